The van der Waals surface area contributed by atoms with E-state index >= 15 is 0 Å². The van der Waals surface area contributed by atoms with E-state index in [-0.39, 0.29) is 22.1 Å². The Morgan fingerprint density at radius 1 is 1.26 bits per heavy atom. The minimum absolute atomic E-state index is 0. The number of aromatic amines is 1. The van der Waals surface area contributed by atoms with Crippen molar-refractivity contribution >= 4 is 46.5 Å². The van der Waals surface area contributed by atoms with E-state index in [0.29, 0.717) is 12.2 Å². The van der Waals surface area contributed by atoms with Crippen LogP contribution in [0.25, 0.3) is 11.0 Å². The summed E-state index contributed by atoms with van der Waals surface area (Å²) in [5, 5.41) is -0.642. The molecule has 0 radical (unpaired) electrons. The third-order valence-electron chi connectivity index (χ3n) is 2.65. The van der Waals surface area contributed by atoms with Crippen molar-refractivity contribution in [3.8, 4) is 0 Å². The van der Waals surface area contributed by atoms with Gasteiger partial charge in [-0.05, 0) is 12.1 Å². The first kappa shape index (κ1) is 15.7. The Labute approximate surface area is 120 Å². The number of nitrogens with zero attached hydrogens (tertiary/aromatic N) is 1. The van der Waals surface area contributed by atoms with Gasteiger partial charge in [0.2, 0.25) is 0 Å². The number of fused-ring (bicyclic) bond motifs is 1. The van der Waals surface area contributed by atoms with Crippen LogP contribution in [-0.4, -0.2) is 25.7 Å². The molecule has 3 N–H and O–H groups in total. The van der Waals surface area contributed by atoms with Crippen molar-refractivity contribution in [3.05, 3.63) is 30.1 Å². The van der Waals surface area contributed by atoms with E-state index in [0.717, 1.165) is 11.0 Å². The number of thiol groups is 2. The Balaban J connectivity index is 0.00000180. The molecular formula is C12H14N2O3S2. The molecule has 5 nitrogen and oxygen atoms in total. The van der Waals surface area contributed by atoms with Crippen molar-refractivity contribution in [1.82, 2.24) is 9.97 Å². The lowest BCUT2D eigenvalue weighted by molar-refractivity contribution is -0.118. The molecule has 0 spiro atoms. The summed E-state index contributed by atoms with van der Waals surface area (Å²) in [6.07, 6.45) is 0.436. The number of nitrogens with one attached hydrogen (secondary N) is 1. The van der Waals surface area contributed by atoms with E-state index < -0.39 is 5.92 Å². The zero-order chi connectivity index (χ0) is 13.1. The third-order valence-corrected chi connectivity index (χ3v) is 3.20. The van der Waals surface area contributed by atoms with Crippen LogP contribution < -0.4 is 0 Å². The van der Waals surface area contributed by atoms with Gasteiger partial charge in [-0.25, -0.2) is 4.98 Å². The van der Waals surface area contributed by atoms with E-state index in [4.69, 9.17) is 0 Å². The largest absolute Gasteiger partial charge is 0.412 e. The van der Waals surface area contributed by atoms with Crippen LogP contribution in [0.5, 0.6) is 0 Å². The fourth-order valence-corrected chi connectivity index (χ4v) is 2.20. The fraction of sp³-hybridized carbons (Fsp3) is 0.250. The number of hydrogen-bond acceptors (Lipinski definition) is 3. The number of imidazole rings is 1. The summed E-state index contributed by atoms with van der Waals surface area (Å²) in [6.45, 7) is 0. The maximum atomic E-state index is 11.3. The summed E-state index contributed by atoms with van der Waals surface area (Å²) in [7, 11) is 0. The highest BCUT2D eigenvalue weighted by Gasteiger charge is 2.20. The van der Waals surface area contributed by atoms with Gasteiger partial charge in [-0.1, -0.05) is 12.1 Å². The van der Waals surface area contributed by atoms with Crippen molar-refractivity contribution in [2.75, 3.05) is 0 Å². The molecule has 1 unspecified atom stereocenters. The summed E-state index contributed by atoms with van der Waals surface area (Å²) in [5.74, 6) is 0.192. The summed E-state index contributed by atoms with van der Waals surface area (Å²) in [6, 6.07) is 7.60. The highest BCUT2D eigenvalue weighted by Crippen LogP contribution is 2.17. The predicted molar refractivity (Wildman–Crippen MR) is 79.5 cm³/mol. The van der Waals surface area contributed by atoms with Gasteiger partial charge in [0.05, 0.1) is 11.0 Å². The molecule has 0 saturated heterocycles. The van der Waals surface area contributed by atoms with Crippen LogP contribution in [0.4, 0.5) is 0 Å². The summed E-state index contributed by atoms with van der Waals surface area (Å²) < 4.78 is 0. The lowest BCUT2D eigenvalue weighted by Crippen LogP contribution is -2.15. The van der Waals surface area contributed by atoms with Gasteiger partial charge in [-0.3, -0.25) is 9.59 Å². The van der Waals surface area contributed by atoms with Crippen LogP contribution in [0.1, 0.15) is 12.2 Å². The second kappa shape index (κ2) is 6.74. The Hall–Kier alpha value is -1.31. The molecule has 19 heavy (non-hydrogen) atoms. The number of carbonyl (C=O) groups excluding carboxylic acids is 2. The van der Waals surface area contributed by atoms with Crippen LogP contribution in [0.2, 0.25) is 0 Å². The molecule has 0 aliphatic heterocycles. The zero-order valence-electron chi connectivity index (χ0n) is 9.96. The van der Waals surface area contributed by atoms with Crippen molar-refractivity contribution in [1.29, 1.82) is 0 Å². The topological polar surface area (TPSA) is 94.3 Å². The summed E-state index contributed by atoms with van der Waals surface area (Å²) in [4.78, 5) is 29.8. The molecular weight excluding hydrogens is 284 g/mol. The first-order valence-electron chi connectivity index (χ1n) is 5.44. The second-order valence-corrected chi connectivity index (χ2v) is 4.98. The molecule has 102 valence electrons. The third kappa shape index (κ3) is 4.09. The van der Waals surface area contributed by atoms with Crippen LogP contribution in [-0.2, 0) is 16.0 Å². The molecule has 0 bridgehead atoms. The lowest BCUT2D eigenvalue weighted by atomic mass is 10.0. The minimum Gasteiger partial charge on any atom is -0.412 e. The van der Waals surface area contributed by atoms with Crippen molar-refractivity contribution in [3.63, 3.8) is 0 Å². The number of carbonyl (C=O) groups is 2. The molecule has 1 atom stereocenters. The van der Waals surface area contributed by atoms with Crippen LogP contribution in [0.3, 0.4) is 0 Å². The molecule has 0 saturated carbocycles. The van der Waals surface area contributed by atoms with Gasteiger partial charge in [0.1, 0.15) is 5.82 Å². The van der Waals surface area contributed by atoms with Gasteiger partial charge < -0.3 is 10.5 Å². The molecule has 1 aromatic heterocycles. The quantitative estimate of drug-likeness (QED) is 0.724. The standard InChI is InChI=1S/C12H12N2O2S2.H2O/c15-11(17)6-7(12(16)18)5-10-13-8-3-1-2-4-9(8)14-10;/h1-4,7H,5-6H2,(H,13,14)(H,15,17)(H,16,18);1H2. The zero-order valence-corrected chi connectivity index (χ0v) is 11.7. The number of aromatic nitrogens is 2. The Morgan fingerprint density at radius 2 is 1.95 bits per heavy atom. The van der Waals surface area contributed by atoms with Crippen LogP contribution >= 0.6 is 25.3 Å². The number of rotatable bonds is 5. The van der Waals surface area contributed by atoms with E-state index in [1.807, 2.05) is 24.3 Å². The van der Waals surface area contributed by atoms with Gasteiger partial charge in [0.15, 0.2) is 10.2 Å². The molecule has 1 heterocycles. The second-order valence-electron chi connectivity index (χ2n) is 4.04. The Kier molecular flexibility index (Phi) is 5.59. The number of H-pyrrole nitrogens is 1. The van der Waals surface area contributed by atoms with Crippen molar-refractivity contribution in [2.24, 2.45) is 5.92 Å². The molecule has 1 aromatic carbocycles. The fourth-order valence-electron chi connectivity index (χ4n) is 1.79. The summed E-state index contributed by atoms with van der Waals surface area (Å²) in [5.41, 5.74) is 1.75. The highest BCUT2D eigenvalue weighted by molar-refractivity contribution is 7.97. The Morgan fingerprint density at radius 3 is 2.53 bits per heavy atom. The van der Waals surface area contributed by atoms with Gasteiger partial charge in [0.25, 0.3) is 0 Å². The van der Waals surface area contributed by atoms with E-state index in [2.05, 4.69) is 35.2 Å². The smallest absolute Gasteiger partial charge is 0.189 e. The van der Waals surface area contributed by atoms with E-state index in [1.165, 1.54) is 0 Å². The summed E-state index contributed by atoms with van der Waals surface area (Å²) >= 11 is 7.49. The van der Waals surface area contributed by atoms with Crippen molar-refractivity contribution < 1.29 is 15.1 Å². The predicted octanol–water partition coefficient (Wildman–Crippen LogP) is 1.20. The molecule has 0 aliphatic rings. The van der Waals surface area contributed by atoms with Gasteiger partial charge in [-0.2, -0.15) is 0 Å². The lowest BCUT2D eigenvalue weighted by Gasteiger charge is -2.08. The van der Waals surface area contributed by atoms with Crippen LogP contribution in [0.15, 0.2) is 24.3 Å². The average Bonchev–Trinajstić information content (AvgIpc) is 2.69. The van der Waals surface area contributed by atoms with Crippen LogP contribution in [0, 0.1) is 5.92 Å². The first-order valence-corrected chi connectivity index (χ1v) is 6.34. The number of hydrogen-bond donors (Lipinski definition) is 3. The Bertz CT molecular complexity index is 564. The van der Waals surface area contributed by atoms with E-state index in [1.54, 1.807) is 0 Å². The highest BCUT2D eigenvalue weighted by atomic mass is 32.1. The maximum Gasteiger partial charge on any atom is 0.189 e. The SMILES string of the molecule is O.O=C(S)CC(Cc1nc2ccccc2[nH]1)C(=O)S. The average molecular weight is 298 g/mol. The molecule has 2 aromatic rings. The first-order chi connectivity index (χ1) is 8.56. The van der Waals surface area contributed by atoms with Gasteiger partial charge >= 0.3 is 0 Å². The number of para-hydroxylation sites is 2. The monoisotopic (exact) mass is 298 g/mol. The maximum absolute atomic E-state index is 11.3. The van der Waals surface area contributed by atoms with Crippen molar-refractivity contribution in [2.45, 2.75) is 12.8 Å². The molecule has 0 fully saturated rings. The normalized spacial score (nSPS) is 11.9. The molecule has 0 aliphatic carbocycles. The molecule has 0 amide bonds. The molecule has 2 rings (SSSR count). The van der Waals surface area contributed by atoms with Gasteiger partial charge in [-0.15, -0.1) is 25.3 Å². The number of benzene rings is 1. The van der Waals surface area contributed by atoms with E-state index in [9.17, 15) is 9.59 Å². The van der Waals surface area contributed by atoms with Gasteiger partial charge in [0, 0.05) is 18.8 Å². The molecule has 7 heteroatoms. The minimum atomic E-state index is -0.487.